The van der Waals surface area contributed by atoms with Crippen molar-refractivity contribution < 1.29 is 19.0 Å². The predicted molar refractivity (Wildman–Crippen MR) is 91.7 cm³/mol. The van der Waals surface area contributed by atoms with E-state index in [0.29, 0.717) is 30.3 Å². The average Bonchev–Trinajstić information content (AvgIpc) is 2.59. The molecule has 0 aromatic heterocycles. The normalized spacial score (nSPS) is 13.5. The van der Waals surface area contributed by atoms with Gasteiger partial charge in [0.15, 0.2) is 11.5 Å². The van der Waals surface area contributed by atoms with Crippen molar-refractivity contribution in [1.29, 1.82) is 0 Å². The van der Waals surface area contributed by atoms with E-state index >= 15 is 0 Å². The molecule has 0 unspecified atom stereocenters. The largest absolute Gasteiger partial charge is 0.486 e. The van der Waals surface area contributed by atoms with Gasteiger partial charge < -0.3 is 14.2 Å². The van der Waals surface area contributed by atoms with E-state index in [1.807, 2.05) is 12.1 Å². The average molecular weight is 326 g/mol. The maximum atomic E-state index is 12.2. The third-order valence-electron chi connectivity index (χ3n) is 3.97. The first kappa shape index (κ1) is 16.4. The van der Waals surface area contributed by atoms with Crippen LogP contribution in [0.5, 0.6) is 11.5 Å². The van der Waals surface area contributed by atoms with Crippen molar-refractivity contribution in [2.75, 3.05) is 13.2 Å². The molecule has 4 nitrogen and oxygen atoms in total. The molecule has 24 heavy (non-hydrogen) atoms. The first-order chi connectivity index (χ1) is 11.4. The molecule has 4 heteroatoms. The number of fused-ring (bicyclic) bond motifs is 1. The molecule has 0 bridgehead atoms. The second-order valence-electron chi connectivity index (χ2n) is 6.88. The van der Waals surface area contributed by atoms with Crippen LogP contribution in [-0.2, 0) is 16.8 Å². The Morgan fingerprint density at radius 1 is 1.00 bits per heavy atom. The molecule has 0 radical (unpaired) electrons. The maximum absolute atomic E-state index is 12.2. The summed E-state index contributed by atoms with van der Waals surface area (Å²) in [6.07, 6.45) is 0. The van der Waals surface area contributed by atoms with E-state index in [9.17, 15) is 4.79 Å². The lowest BCUT2D eigenvalue weighted by molar-refractivity contribution is 0.0471. The van der Waals surface area contributed by atoms with Crippen LogP contribution in [0, 0.1) is 0 Å². The predicted octanol–water partition coefficient (Wildman–Crippen LogP) is 4.11. The number of ether oxygens (including phenoxy) is 3. The van der Waals surface area contributed by atoms with Gasteiger partial charge in [0.1, 0.15) is 19.8 Å². The lowest BCUT2D eigenvalue weighted by Crippen LogP contribution is -2.16. The van der Waals surface area contributed by atoms with Crippen molar-refractivity contribution in [2.45, 2.75) is 32.8 Å². The second-order valence-corrected chi connectivity index (χ2v) is 6.88. The first-order valence-electron chi connectivity index (χ1n) is 8.10. The van der Waals surface area contributed by atoms with Gasteiger partial charge in [-0.2, -0.15) is 0 Å². The third kappa shape index (κ3) is 3.70. The Labute approximate surface area is 142 Å². The number of hydrogen-bond donors (Lipinski definition) is 0. The Morgan fingerprint density at radius 3 is 2.33 bits per heavy atom. The van der Waals surface area contributed by atoms with E-state index in [1.54, 1.807) is 18.2 Å². The number of carbonyl (C=O) groups excluding carboxylic acids is 1. The second kappa shape index (κ2) is 6.56. The van der Waals surface area contributed by atoms with Crippen molar-refractivity contribution in [1.82, 2.24) is 0 Å². The zero-order chi connectivity index (χ0) is 17.2. The van der Waals surface area contributed by atoms with Crippen LogP contribution in [-0.4, -0.2) is 19.2 Å². The van der Waals surface area contributed by atoms with Gasteiger partial charge in [0.25, 0.3) is 0 Å². The lowest BCUT2D eigenvalue weighted by Gasteiger charge is -2.19. The zero-order valence-corrected chi connectivity index (χ0v) is 14.3. The Balaban J connectivity index is 1.63. The van der Waals surface area contributed by atoms with Crippen LogP contribution < -0.4 is 9.47 Å². The van der Waals surface area contributed by atoms with Gasteiger partial charge in [-0.05, 0) is 34.7 Å². The van der Waals surface area contributed by atoms with Crippen LogP contribution in [0.15, 0.2) is 42.5 Å². The Kier molecular flexibility index (Phi) is 4.47. The van der Waals surface area contributed by atoms with Crippen LogP contribution in [0.3, 0.4) is 0 Å². The molecule has 0 saturated carbocycles. The molecule has 2 aromatic carbocycles. The van der Waals surface area contributed by atoms with Gasteiger partial charge in [0, 0.05) is 0 Å². The molecular formula is C20H22O4. The molecule has 126 valence electrons. The summed E-state index contributed by atoms with van der Waals surface area (Å²) in [6.45, 7) is 7.78. The van der Waals surface area contributed by atoms with Gasteiger partial charge in [-0.3, -0.25) is 0 Å². The van der Waals surface area contributed by atoms with Crippen molar-refractivity contribution in [3.8, 4) is 11.5 Å². The van der Waals surface area contributed by atoms with Gasteiger partial charge in [-0.15, -0.1) is 0 Å². The van der Waals surface area contributed by atoms with Gasteiger partial charge in [0.2, 0.25) is 0 Å². The topological polar surface area (TPSA) is 44.8 Å². The standard InChI is InChI=1S/C20H22O4/c1-20(2,3)16-7-4-14(5-8-16)13-24-19(21)15-6-9-17-18(12-15)23-11-10-22-17/h4-9,12H,10-11,13H2,1-3H3. The molecule has 0 atom stereocenters. The van der Waals surface area contributed by atoms with Gasteiger partial charge in [-0.25, -0.2) is 4.79 Å². The highest BCUT2D eigenvalue weighted by atomic mass is 16.6. The van der Waals surface area contributed by atoms with Crippen molar-refractivity contribution in [3.05, 3.63) is 59.2 Å². The quantitative estimate of drug-likeness (QED) is 0.796. The fourth-order valence-electron chi connectivity index (χ4n) is 2.50. The number of benzene rings is 2. The fraction of sp³-hybridized carbons (Fsp3) is 0.350. The summed E-state index contributed by atoms with van der Waals surface area (Å²) < 4.78 is 16.3. The van der Waals surface area contributed by atoms with Crippen LogP contribution >= 0.6 is 0 Å². The minimum Gasteiger partial charge on any atom is -0.486 e. The van der Waals surface area contributed by atoms with Crippen molar-refractivity contribution in [3.63, 3.8) is 0 Å². The van der Waals surface area contributed by atoms with E-state index in [1.165, 1.54) is 5.56 Å². The van der Waals surface area contributed by atoms with Gasteiger partial charge in [-0.1, -0.05) is 45.0 Å². The fourth-order valence-corrected chi connectivity index (χ4v) is 2.50. The molecule has 0 amide bonds. The zero-order valence-electron chi connectivity index (χ0n) is 14.3. The van der Waals surface area contributed by atoms with E-state index in [0.717, 1.165) is 5.56 Å². The summed E-state index contributed by atoms with van der Waals surface area (Å²) >= 11 is 0. The molecule has 0 saturated heterocycles. The highest BCUT2D eigenvalue weighted by Gasteiger charge is 2.16. The van der Waals surface area contributed by atoms with Crippen LogP contribution in [0.1, 0.15) is 42.3 Å². The van der Waals surface area contributed by atoms with Crippen LogP contribution in [0.2, 0.25) is 0 Å². The van der Waals surface area contributed by atoms with E-state index < -0.39 is 0 Å². The molecule has 1 heterocycles. The minimum atomic E-state index is -0.369. The summed E-state index contributed by atoms with van der Waals surface area (Å²) in [4.78, 5) is 12.2. The van der Waals surface area contributed by atoms with Gasteiger partial charge >= 0.3 is 5.97 Å². The van der Waals surface area contributed by atoms with Crippen LogP contribution in [0.25, 0.3) is 0 Å². The lowest BCUT2D eigenvalue weighted by atomic mass is 9.87. The summed E-state index contributed by atoms with van der Waals surface area (Å²) in [5.74, 6) is 0.882. The van der Waals surface area contributed by atoms with E-state index in [4.69, 9.17) is 14.2 Å². The maximum Gasteiger partial charge on any atom is 0.338 e. The molecule has 0 spiro atoms. The molecule has 2 aromatic rings. The molecule has 1 aliphatic rings. The summed E-state index contributed by atoms with van der Waals surface area (Å²) in [5.41, 5.74) is 2.80. The molecule has 0 aliphatic carbocycles. The Morgan fingerprint density at radius 2 is 1.67 bits per heavy atom. The number of carbonyl (C=O) groups is 1. The highest BCUT2D eigenvalue weighted by molar-refractivity contribution is 5.90. The summed E-state index contributed by atoms with van der Waals surface area (Å²) in [5, 5.41) is 0. The highest BCUT2D eigenvalue weighted by Crippen LogP contribution is 2.31. The SMILES string of the molecule is CC(C)(C)c1ccc(COC(=O)c2ccc3c(c2)OCCO3)cc1. The van der Waals surface area contributed by atoms with Gasteiger partial charge in [0.05, 0.1) is 5.56 Å². The molecular weight excluding hydrogens is 304 g/mol. The molecule has 1 aliphatic heterocycles. The Hall–Kier alpha value is -2.49. The minimum absolute atomic E-state index is 0.112. The monoisotopic (exact) mass is 326 g/mol. The van der Waals surface area contributed by atoms with Crippen LogP contribution in [0.4, 0.5) is 0 Å². The third-order valence-corrected chi connectivity index (χ3v) is 3.97. The first-order valence-corrected chi connectivity index (χ1v) is 8.10. The summed E-state index contributed by atoms with van der Waals surface area (Å²) in [7, 11) is 0. The Bertz CT molecular complexity index is 726. The van der Waals surface area contributed by atoms with E-state index in [2.05, 4.69) is 32.9 Å². The van der Waals surface area contributed by atoms with E-state index in [-0.39, 0.29) is 18.0 Å². The molecule has 0 fully saturated rings. The number of rotatable bonds is 3. The van der Waals surface area contributed by atoms with Crippen molar-refractivity contribution >= 4 is 5.97 Å². The molecule has 0 N–H and O–H groups in total. The number of hydrogen-bond acceptors (Lipinski definition) is 4. The molecule has 3 rings (SSSR count). The van der Waals surface area contributed by atoms with Crippen molar-refractivity contribution in [2.24, 2.45) is 0 Å². The number of esters is 1. The smallest absolute Gasteiger partial charge is 0.338 e. The summed E-state index contributed by atoms with van der Waals surface area (Å²) in [6, 6.07) is 13.2.